The maximum atomic E-state index is 11.0. The number of unbranched alkanes of at least 4 members (excludes halogenated alkanes) is 5. The highest BCUT2D eigenvalue weighted by Gasteiger charge is 2.30. The third-order valence-corrected chi connectivity index (χ3v) is 5.26. The highest BCUT2D eigenvalue weighted by atomic mass is 16.3. The van der Waals surface area contributed by atoms with Crippen LogP contribution in [0.15, 0.2) is 12.1 Å². The van der Waals surface area contributed by atoms with Crippen LogP contribution in [0.3, 0.4) is 0 Å². The maximum Gasteiger partial charge on any atom is 0.123 e. The number of benzene rings is 1. The zero-order chi connectivity index (χ0) is 20.7. The number of aromatic hydroxyl groups is 1. The lowest BCUT2D eigenvalue weighted by atomic mass is 9.71. The van der Waals surface area contributed by atoms with Gasteiger partial charge in [0.25, 0.3) is 0 Å². The fraction of sp³-hybridized carbons (Fsp3) is 0.760. The molecule has 0 saturated heterocycles. The molecule has 0 bridgehead atoms. The van der Waals surface area contributed by atoms with Gasteiger partial charge in [-0.05, 0) is 49.8 Å². The second-order valence-corrected chi connectivity index (χ2v) is 10.5. The van der Waals surface area contributed by atoms with Crippen molar-refractivity contribution in [3.63, 3.8) is 0 Å². The highest BCUT2D eigenvalue weighted by molar-refractivity contribution is 5.47. The minimum Gasteiger partial charge on any atom is -0.507 e. The number of hydrogen-bond acceptors (Lipinski definition) is 2. The first-order chi connectivity index (χ1) is 12.5. The van der Waals surface area contributed by atoms with Crippen LogP contribution in [0.4, 0.5) is 0 Å². The van der Waals surface area contributed by atoms with Crippen LogP contribution < -0.4 is 0 Å². The van der Waals surface area contributed by atoms with E-state index in [9.17, 15) is 5.11 Å². The highest BCUT2D eigenvalue weighted by Crippen LogP contribution is 2.42. The fourth-order valence-electron chi connectivity index (χ4n) is 4.41. The van der Waals surface area contributed by atoms with Crippen molar-refractivity contribution in [1.29, 1.82) is 0 Å². The van der Waals surface area contributed by atoms with Gasteiger partial charge in [0.15, 0.2) is 0 Å². The van der Waals surface area contributed by atoms with Crippen molar-refractivity contribution in [3.05, 3.63) is 28.8 Å². The zero-order valence-corrected chi connectivity index (χ0v) is 19.4. The monoisotopic (exact) mass is 375 g/mol. The first-order valence-electron chi connectivity index (χ1n) is 11.0. The Morgan fingerprint density at radius 2 is 1.48 bits per heavy atom. The van der Waals surface area contributed by atoms with Crippen molar-refractivity contribution >= 4 is 0 Å². The Hall–Kier alpha value is -1.02. The molecule has 0 radical (unpaired) electrons. The first kappa shape index (κ1) is 24.0. The molecule has 2 heteroatoms. The maximum absolute atomic E-state index is 11.0. The van der Waals surface area contributed by atoms with Crippen molar-refractivity contribution in [1.82, 2.24) is 4.90 Å². The molecule has 0 atom stereocenters. The summed E-state index contributed by atoms with van der Waals surface area (Å²) in [7, 11) is 4.14. The van der Waals surface area contributed by atoms with E-state index in [1.54, 1.807) is 0 Å². The lowest BCUT2D eigenvalue weighted by molar-refractivity contribution is 0.277. The summed E-state index contributed by atoms with van der Waals surface area (Å²) < 4.78 is 0. The molecule has 0 aromatic heterocycles. The summed E-state index contributed by atoms with van der Waals surface area (Å²) in [5.41, 5.74) is 3.77. The Bertz CT molecular complexity index is 566. The summed E-state index contributed by atoms with van der Waals surface area (Å²) >= 11 is 0. The van der Waals surface area contributed by atoms with Crippen molar-refractivity contribution < 1.29 is 5.11 Å². The van der Waals surface area contributed by atoms with Crippen LogP contribution in [-0.4, -0.2) is 24.1 Å². The standard InChI is InChI=1S/C25H45NO/c1-9-10-11-12-13-14-15-20-16-21(18-26(7)8)23(27)22(17-20)25(5,6)19-24(2,3)4/h16-17,27H,9-15,18-19H2,1-8H3. The Balaban J connectivity index is 3.03. The summed E-state index contributed by atoms with van der Waals surface area (Å²) in [5.74, 6) is 0.504. The van der Waals surface area contributed by atoms with Gasteiger partial charge in [0.2, 0.25) is 0 Å². The molecular weight excluding hydrogens is 330 g/mol. The Morgan fingerprint density at radius 1 is 0.889 bits per heavy atom. The molecule has 0 aliphatic carbocycles. The predicted octanol–water partition coefficient (Wildman–Crippen LogP) is 7.07. The number of hydrogen-bond donors (Lipinski definition) is 1. The second-order valence-electron chi connectivity index (χ2n) is 10.5. The molecule has 0 aliphatic heterocycles. The Morgan fingerprint density at radius 3 is 2.04 bits per heavy atom. The van der Waals surface area contributed by atoms with Crippen molar-refractivity contribution in [2.24, 2.45) is 5.41 Å². The normalized spacial score (nSPS) is 12.8. The number of nitrogens with zero attached hydrogens (tertiary/aromatic N) is 1. The van der Waals surface area contributed by atoms with E-state index in [4.69, 9.17) is 0 Å². The summed E-state index contributed by atoms with van der Waals surface area (Å²) in [6.07, 6.45) is 10.1. The van der Waals surface area contributed by atoms with Crippen LogP contribution in [0.5, 0.6) is 5.75 Å². The molecule has 0 unspecified atom stereocenters. The minimum absolute atomic E-state index is 0.0411. The van der Waals surface area contributed by atoms with E-state index >= 15 is 0 Å². The molecule has 1 rings (SSSR count). The molecule has 1 aromatic carbocycles. The van der Waals surface area contributed by atoms with E-state index in [2.05, 4.69) is 72.7 Å². The molecule has 2 nitrogen and oxygen atoms in total. The van der Waals surface area contributed by atoms with Crippen LogP contribution in [-0.2, 0) is 18.4 Å². The topological polar surface area (TPSA) is 23.5 Å². The predicted molar refractivity (Wildman–Crippen MR) is 120 cm³/mol. The van der Waals surface area contributed by atoms with Gasteiger partial charge in [0, 0.05) is 17.7 Å². The van der Waals surface area contributed by atoms with Crippen LogP contribution in [0.2, 0.25) is 0 Å². The van der Waals surface area contributed by atoms with Gasteiger partial charge in [-0.3, -0.25) is 0 Å². The van der Waals surface area contributed by atoms with Gasteiger partial charge in [-0.1, -0.05) is 85.8 Å². The van der Waals surface area contributed by atoms with Gasteiger partial charge in [0.1, 0.15) is 5.75 Å². The number of phenolic OH excluding ortho intramolecular Hbond substituents is 1. The van der Waals surface area contributed by atoms with E-state index in [1.807, 2.05) is 0 Å². The molecule has 0 fully saturated rings. The minimum atomic E-state index is -0.0411. The molecule has 0 amide bonds. The number of phenols is 1. The molecular formula is C25H45NO. The summed E-state index contributed by atoms with van der Waals surface area (Å²) in [4.78, 5) is 2.14. The van der Waals surface area contributed by atoms with E-state index in [1.165, 1.54) is 44.1 Å². The Labute approximate surface area is 169 Å². The smallest absolute Gasteiger partial charge is 0.123 e. The lowest BCUT2D eigenvalue weighted by Gasteiger charge is -2.34. The lowest BCUT2D eigenvalue weighted by Crippen LogP contribution is -2.25. The SMILES string of the molecule is CCCCCCCCc1cc(CN(C)C)c(O)c(C(C)(C)CC(C)(C)C)c1. The number of aryl methyl sites for hydroxylation is 1. The van der Waals surface area contributed by atoms with Crippen molar-refractivity contribution in [2.75, 3.05) is 14.1 Å². The molecule has 0 heterocycles. The van der Waals surface area contributed by atoms with Crippen molar-refractivity contribution in [3.8, 4) is 5.75 Å². The van der Waals surface area contributed by atoms with Gasteiger partial charge in [-0.2, -0.15) is 0 Å². The van der Waals surface area contributed by atoms with E-state index < -0.39 is 0 Å². The summed E-state index contributed by atoms with van der Waals surface area (Å²) in [6, 6.07) is 4.52. The van der Waals surface area contributed by atoms with E-state index in [0.717, 1.165) is 30.5 Å². The molecule has 0 aliphatic rings. The van der Waals surface area contributed by atoms with Gasteiger partial charge in [0.05, 0.1) is 0 Å². The first-order valence-corrected chi connectivity index (χ1v) is 11.0. The van der Waals surface area contributed by atoms with E-state index in [0.29, 0.717) is 5.75 Å². The van der Waals surface area contributed by atoms with Crippen LogP contribution in [0, 0.1) is 5.41 Å². The van der Waals surface area contributed by atoms with Gasteiger partial charge in [-0.15, -0.1) is 0 Å². The Kier molecular flexibility index (Phi) is 9.34. The quantitative estimate of drug-likeness (QED) is 0.418. The third kappa shape index (κ3) is 8.68. The molecule has 1 aromatic rings. The van der Waals surface area contributed by atoms with Crippen LogP contribution in [0.1, 0.15) is 103 Å². The molecule has 0 saturated carbocycles. The molecule has 156 valence electrons. The van der Waals surface area contributed by atoms with Gasteiger partial charge < -0.3 is 10.0 Å². The van der Waals surface area contributed by atoms with Gasteiger partial charge >= 0.3 is 0 Å². The second kappa shape index (κ2) is 10.5. The van der Waals surface area contributed by atoms with Crippen molar-refractivity contribution in [2.45, 2.75) is 105 Å². The molecule has 1 N–H and O–H groups in total. The number of rotatable bonds is 11. The molecule has 0 spiro atoms. The molecule has 27 heavy (non-hydrogen) atoms. The van der Waals surface area contributed by atoms with E-state index in [-0.39, 0.29) is 10.8 Å². The fourth-order valence-corrected chi connectivity index (χ4v) is 4.41. The summed E-state index contributed by atoms with van der Waals surface area (Å²) in [5, 5.41) is 11.0. The van der Waals surface area contributed by atoms with Crippen LogP contribution >= 0.6 is 0 Å². The van der Waals surface area contributed by atoms with Crippen LogP contribution in [0.25, 0.3) is 0 Å². The average molecular weight is 376 g/mol. The third-order valence-electron chi connectivity index (χ3n) is 5.26. The average Bonchev–Trinajstić information content (AvgIpc) is 2.50. The van der Waals surface area contributed by atoms with Gasteiger partial charge in [-0.25, -0.2) is 0 Å². The summed E-state index contributed by atoms with van der Waals surface area (Å²) in [6.45, 7) is 14.5. The zero-order valence-electron chi connectivity index (χ0n) is 19.4. The largest absolute Gasteiger partial charge is 0.507 e.